The minimum absolute atomic E-state index is 0.000192. The zero-order chi connectivity index (χ0) is 16.4. The third-order valence-electron chi connectivity index (χ3n) is 4.62. The summed E-state index contributed by atoms with van der Waals surface area (Å²) in [5.74, 6) is 0.733. The third-order valence-corrected chi connectivity index (χ3v) is 4.62. The first-order valence-electron chi connectivity index (χ1n) is 7.80. The van der Waals surface area contributed by atoms with Crippen molar-refractivity contribution in [2.75, 3.05) is 34.0 Å². The lowest BCUT2D eigenvalue weighted by atomic mass is 10.1. The van der Waals surface area contributed by atoms with Gasteiger partial charge in [-0.15, -0.1) is 0 Å². The van der Waals surface area contributed by atoms with Gasteiger partial charge in [0.05, 0.1) is 33.0 Å². The number of pyridine rings is 1. The zero-order valence-electron chi connectivity index (χ0n) is 13.4. The molecule has 3 atom stereocenters. The van der Waals surface area contributed by atoms with E-state index in [9.17, 15) is 9.90 Å². The molecule has 0 radical (unpaired) electrons. The van der Waals surface area contributed by atoms with Crippen molar-refractivity contribution in [1.29, 1.82) is 0 Å². The molecule has 0 aromatic carbocycles. The second-order valence-electron chi connectivity index (χ2n) is 5.91. The molecule has 1 saturated heterocycles. The van der Waals surface area contributed by atoms with Crippen LogP contribution < -0.4 is 9.47 Å². The molecular weight excluding hydrogens is 300 g/mol. The minimum atomic E-state index is -0.117. The van der Waals surface area contributed by atoms with Crippen LogP contribution in [0.3, 0.4) is 0 Å². The molecule has 0 spiro atoms. The van der Waals surface area contributed by atoms with Crippen LogP contribution in [0, 0.1) is 5.92 Å². The highest BCUT2D eigenvalue weighted by Gasteiger charge is 2.43. The number of rotatable bonds is 4. The maximum absolute atomic E-state index is 13.0. The molecule has 2 aliphatic rings. The number of aromatic nitrogens is 1. The van der Waals surface area contributed by atoms with Gasteiger partial charge in [0.2, 0.25) is 11.8 Å². The second-order valence-corrected chi connectivity index (χ2v) is 5.91. The lowest BCUT2D eigenvalue weighted by molar-refractivity contribution is -0.0449. The van der Waals surface area contributed by atoms with Crippen LogP contribution in [0.4, 0.5) is 0 Å². The molecule has 1 aromatic heterocycles. The third kappa shape index (κ3) is 2.98. The van der Waals surface area contributed by atoms with Gasteiger partial charge in [-0.2, -0.15) is 4.98 Å². The zero-order valence-corrected chi connectivity index (χ0v) is 13.4. The molecule has 2 fully saturated rings. The fourth-order valence-corrected chi connectivity index (χ4v) is 3.46. The number of aliphatic hydroxyl groups excluding tert-OH is 1. The smallest absolute Gasteiger partial charge is 0.259 e. The maximum Gasteiger partial charge on any atom is 0.259 e. The predicted octanol–water partition coefficient (Wildman–Crippen LogP) is 0.711. The number of aliphatic hydroxyl groups is 1. The highest BCUT2D eigenvalue weighted by atomic mass is 16.5. The normalized spacial score (nSPS) is 26.7. The average molecular weight is 322 g/mol. The highest BCUT2D eigenvalue weighted by molar-refractivity contribution is 5.96. The van der Waals surface area contributed by atoms with E-state index < -0.39 is 0 Å². The Morgan fingerprint density at radius 2 is 2.22 bits per heavy atom. The summed E-state index contributed by atoms with van der Waals surface area (Å²) in [5.41, 5.74) is 0.418. The van der Waals surface area contributed by atoms with Crippen molar-refractivity contribution in [2.45, 2.75) is 25.0 Å². The topological polar surface area (TPSA) is 81.1 Å². The maximum atomic E-state index is 13.0. The van der Waals surface area contributed by atoms with Gasteiger partial charge in [0.1, 0.15) is 5.56 Å². The SMILES string of the molecule is COc1ccc(C(=O)N2CCO[C@H]3C[C@H](CO)C[C@@H]32)c(OC)n1. The van der Waals surface area contributed by atoms with Gasteiger partial charge in [0, 0.05) is 19.2 Å². The summed E-state index contributed by atoms with van der Waals surface area (Å²) in [7, 11) is 3.00. The van der Waals surface area contributed by atoms with E-state index in [0.29, 0.717) is 24.6 Å². The van der Waals surface area contributed by atoms with Crippen molar-refractivity contribution in [3.63, 3.8) is 0 Å². The molecule has 0 bridgehead atoms. The number of morpholine rings is 1. The highest BCUT2D eigenvalue weighted by Crippen LogP contribution is 2.35. The quantitative estimate of drug-likeness (QED) is 0.879. The Balaban J connectivity index is 1.85. The van der Waals surface area contributed by atoms with Gasteiger partial charge in [-0.1, -0.05) is 0 Å². The monoisotopic (exact) mass is 322 g/mol. The Morgan fingerprint density at radius 1 is 1.39 bits per heavy atom. The molecule has 1 N–H and O–H groups in total. The number of carbonyl (C=O) groups is 1. The number of nitrogens with zero attached hydrogens (tertiary/aromatic N) is 2. The first kappa shape index (κ1) is 16.0. The lowest BCUT2D eigenvalue weighted by Crippen LogP contribution is -2.51. The Hall–Kier alpha value is -1.86. The first-order chi connectivity index (χ1) is 11.2. The number of hydrogen-bond donors (Lipinski definition) is 1. The van der Waals surface area contributed by atoms with Gasteiger partial charge in [0.25, 0.3) is 5.91 Å². The van der Waals surface area contributed by atoms with E-state index in [4.69, 9.17) is 14.2 Å². The van der Waals surface area contributed by atoms with E-state index in [1.165, 1.54) is 14.2 Å². The summed E-state index contributed by atoms with van der Waals surface area (Å²) in [6, 6.07) is 3.33. The van der Waals surface area contributed by atoms with Gasteiger partial charge in [0.15, 0.2) is 0 Å². The standard InChI is InChI=1S/C16H22N2O5/c1-21-14-4-3-11(15(17-14)22-2)16(20)18-5-6-23-13-8-10(9-19)7-12(13)18/h3-4,10,12-13,19H,5-9H2,1-2H3/t10-,12+,13+/m1/s1. The molecule has 126 valence electrons. The summed E-state index contributed by atoms with van der Waals surface area (Å²) < 4.78 is 16.1. The Labute approximate surface area is 135 Å². The number of fused-ring (bicyclic) bond motifs is 1. The first-order valence-corrected chi connectivity index (χ1v) is 7.80. The number of carbonyl (C=O) groups excluding carboxylic acids is 1. The van der Waals surface area contributed by atoms with Crippen LogP contribution in [0.25, 0.3) is 0 Å². The number of hydrogen-bond acceptors (Lipinski definition) is 6. The molecule has 0 unspecified atom stereocenters. The van der Waals surface area contributed by atoms with Crippen molar-refractivity contribution in [2.24, 2.45) is 5.92 Å². The van der Waals surface area contributed by atoms with E-state index in [2.05, 4.69) is 4.98 Å². The Bertz CT molecular complexity index is 580. The van der Waals surface area contributed by atoms with E-state index in [0.717, 1.165) is 12.8 Å². The average Bonchev–Trinajstić information content (AvgIpc) is 3.03. The summed E-state index contributed by atoms with van der Waals surface area (Å²) in [6.45, 7) is 1.18. The fourth-order valence-electron chi connectivity index (χ4n) is 3.46. The Kier molecular flexibility index (Phi) is 4.68. The van der Waals surface area contributed by atoms with E-state index in [1.54, 1.807) is 12.1 Å². The summed E-state index contributed by atoms with van der Waals surface area (Å²) in [4.78, 5) is 19.0. The van der Waals surface area contributed by atoms with Crippen LogP contribution in [0.5, 0.6) is 11.8 Å². The molecule has 1 aliphatic heterocycles. The van der Waals surface area contributed by atoms with Crippen molar-refractivity contribution >= 4 is 5.91 Å². The van der Waals surface area contributed by atoms with Gasteiger partial charge in [-0.05, 0) is 24.8 Å². The number of ether oxygens (including phenoxy) is 3. The second kappa shape index (κ2) is 6.72. The van der Waals surface area contributed by atoms with E-state index in [-0.39, 0.29) is 36.5 Å². The fraction of sp³-hybridized carbons (Fsp3) is 0.625. The van der Waals surface area contributed by atoms with Crippen LogP contribution in [-0.2, 0) is 4.74 Å². The van der Waals surface area contributed by atoms with Crippen molar-refractivity contribution in [3.8, 4) is 11.8 Å². The van der Waals surface area contributed by atoms with Gasteiger partial charge < -0.3 is 24.2 Å². The van der Waals surface area contributed by atoms with E-state index >= 15 is 0 Å². The predicted molar refractivity (Wildman–Crippen MR) is 81.7 cm³/mol. The van der Waals surface area contributed by atoms with E-state index in [1.807, 2.05) is 4.90 Å². The molecule has 2 heterocycles. The van der Waals surface area contributed by atoms with Crippen LogP contribution in [0.2, 0.25) is 0 Å². The van der Waals surface area contributed by atoms with Gasteiger partial charge >= 0.3 is 0 Å². The summed E-state index contributed by atoms with van der Waals surface area (Å²) in [6.07, 6.45) is 1.56. The Morgan fingerprint density at radius 3 is 2.91 bits per heavy atom. The van der Waals surface area contributed by atoms with Crippen molar-refractivity contribution in [1.82, 2.24) is 9.88 Å². The number of amides is 1. The molecule has 1 aromatic rings. The van der Waals surface area contributed by atoms with Gasteiger partial charge in [-0.25, -0.2) is 0 Å². The molecule has 7 heteroatoms. The molecular formula is C16H22N2O5. The number of methoxy groups -OCH3 is 2. The van der Waals surface area contributed by atoms with Gasteiger partial charge in [-0.3, -0.25) is 4.79 Å². The molecule has 1 saturated carbocycles. The molecule has 1 aliphatic carbocycles. The lowest BCUT2D eigenvalue weighted by Gasteiger charge is -2.37. The van der Waals surface area contributed by atoms with Crippen LogP contribution in [-0.4, -0.2) is 67.0 Å². The summed E-state index contributed by atoms with van der Waals surface area (Å²) >= 11 is 0. The molecule has 23 heavy (non-hydrogen) atoms. The van der Waals surface area contributed by atoms with Crippen LogP contribution in [0.1, 0.15) is 23.2 Å². The van der Waals surface area contributed by atoms with Crippen LogP contribution >= 0.6 is 0 Å². The summed E-state index contributed by atoms with van der Waals surface area (Å²) in [5, 5.41) is 9.39. The largest absolute Gasteiger partial charge is 0.481 e. The molecule has 1 amide bonds. The minimum Gasteiger partial charge on any atom is -0.481 e. The molecule has 7 nitrogen and oxygen atoms in total. The van der Waals surface area contributed by atoms with Crippen molar-refractivity contribution in [3.05, 3.63) is 17.7 Å². The van der Waals surface area contributed by atoms with Crippen molar-refractivity contribution < 1.29 is 24.1 Å². The molecule has 3 rings (SSSR count). The van der Waals surface area contributed by atoms with Crippen LogP contribution in [0.15, 0.2) is 12.1 Å².